The first kappa shape index (κ1) is 5.78. The van der Waals surface area contributed by atoms with Crippen LogP contribution in [-0.2, 0) is 0 Å². The second-order valence-corrected chi connectivity index (χ2v) is 2.05. The highest BCUT2D eigenvalue weighted by atomic mass is 28.1. The molecule has 0 unspecified atom stereocenters. The lowest BCUT2D eigenvalue weighted by molar-refractivity contribution is 0.867. The van der Waals surface area contributed by atoms with Gasteiger partial charge < -0.3 is 0 Å². The van der Waals surface area contributed by atoms with Crippen molar-refractivity contribution >= 4 is 10.2 Å². The maximum Gasteiger partial charge on any atom is 0.0906 e. The molecule has 0 fully saturated rings. The van der Waals surface area contributed by atoms with Crippen molar-refractivity contribution in [3.05, 3.63) is 0 Å². The Morgan fingerprint density at radius 3 is 2.00 bits per heavy atom. The lowest BCUT2D eigenvalue weighted by atomic mass is 10.2. The molecule has 0 bridgehead atoms. The molecule has 34 valence electrons. The van der Waals surface area contributed by atoms with Crippen molar-refractivity contribution in [3.8, 4) is 11.5 Å². The van der Waals surface area contributed by atoms with Crippen molar-refractivity contribution in [2.45, 2.75) is 13.8 Å². The largest absolute Gasteiger partial charge is 0.144 e. The summed E-state index contributed by atoms with van der Waals surface area (Å²) in [6.07, 6.45) is 0. The molecule has 0 aromatic rings. The average molecular weight is 98.2 g/mol. The molecule has 0 aromatic heterocycles. The van der Waals surface area contributed by atoms with Gasteiger partial charge in [0.2, 0.25) is 0 Å². The predicted molar refractivity (Wildman–Crippen MR) is 32.6 cm³/mol. The molecule has 0 N–H and O–H groups in total. The van der Waals surface area contributed by atoms with Gasteiger partial charge >= 0.3 is 0 Å². The summed E-state index contributed by atoms with van der Waals surface area (Å²) in [5.74, 6) is 3.59. The van der Waals surface area contributed by atoms with Crippen molar-refractivity contribution in [2.75, 3.05) is 0 Å². The van der Waals surface area contributed by atoms with E-state index in [0.29, 0.717) is 5.92 Å². The van der Waals surface area contributed by atoms with Crippen LogP contribution in [-0.4, -0.2) is 10.2 Å². The van der Waals surface area contributed by atoms with Gasteiger partial charge in [-0.15, -0.1) is 11.5 Å². The molecular weight excluding hydrogens is 88.1 g/mol. The number of hydrogen-bond acceptors (Lipinski definition) is 0. The minimum Gasteiger partial charge on any atom is -0.144 e. The van der Waals surface area contributed by atoms with Crippen molar-refractivity contribution in [2.24, 2.45) is 5.92 Å². The fourth-order valence-electron chi connectivity index (χ4n) is 0.289. The lowest BCUT2D eigenvalue weighted by Crippen LogP contribution is -1.75. The van der Waals surface area contributed by atoms with E-state index in [2.05, 4.69) is 25.3 Å². The van der Waals surface area contributed by atoms with Crippen molar-refractivity contribution < 1.29 is 0 Å². The Morgan fingerprint density at radius 1 is 1.50 bits per heavy atom. The Hall–Kier alpha value is -0.223. The van der Waals surface area contributed by atoms with E-state index >= 15 is 0 Å². The van der Waals surface area contributed by atoms with E-state index in [1.807, 2.05) is 0 Å². The van der Waals surface area contributed by atoms with E-state index in [9.17, 15) is 0 Å². The van der Waals surface area contributed by atoms with Gasteiger partial charge in [0, 0.05) is 5.92 Å². The first-order valence-electron chi connectivity index (χ1n) is 2.19. The third-order valence-electron chi connectivity index (χ3n) is 0.433. The summed E-state index contributed by atoms with van der Waals surface area (Å²) < 4.78 is 0. The molecule has 0 amide bonds. The van der Waals surface area contributed by atoms with E-state index in [4.69, 9.17) is 0 Å². The predicted octanol–water partition coefficient (Wildman–Crippen LogP) is -0.0313. The average Bonchev–Trinajstić information content (AvgIpc) is 1.35. The molecule has 0 aliphatic rings. The van der Waals surface area contributed by atoms with Crippen LogP contribution in [0, 0.1) is 17.4 Å². The van der Waals surface area contributed by atoms with Gasteiger partial charge in [-0.1, -0.05) is 13.8 Å². The smallest absolute Gasteiger partial charge is 0.0906 e. The Kier molecular flexibility index (Phi) is 2.88. The van der Waals surface area contributed by atoms with Gasteiger partial charge in [-0.3, -0.25) is 0 Å². The first-order valence-corrected chi connectivity index (χ1v) is 3.19. The molecule has 0 aliphatic heterocycles. The van der Waals surface area contributed by atoms with E-state index in [1.54, 1.807) is 0 Å². The summed E-state index contributed by atoms with van der Waals surface area (Å²) in [7, 11) is 1.03. The third kappa shape index (κ3) is 3.78. The maximum atomic E-state index is 3.02. The van der Waals surface area contributed by atoms with Crippen LogP contribution in [0.1, 0.15) is 13.8 Å². The fraction of sp³-hybridized carbons (Fsp3) is 0.600. The Balaban J connectivity index is 3.20. The second-order valence-electron chi connectivity index (χ2n) is 1.55. The summed E-state index contributed by atoms with van der Waals surface area (Å²) >= 11 is 0. The van der Waals surface area contributed by atoms with Gasteiger partial charge in [0.1, 0.15) is 0 Å². The molecule has 0 saturated heterocycles. The SMILES string of the molecule is CC(C)C#C[SiH3]. The maximum absolute atomic E-state index is 3.02. The van der Waals surface area contributed by atoms with Crippen molar-refractivity contribution in [3.63, 3.8) is 0 Å². The second kappa shape index (κ2) is 2.99. The van der Waals surface area contributed by atoms with Crippen LogP contribution in [0.15, 0.2) is 0 Å². The van der Waals surface area contributed by atoms with Crippen LogP contribution in [0.2, 0.25) is 0 Å². The fourth-order valence-corrected chi connectivity index (χ4v) is 0.866. The molecule has 0 spiro atoms. The van der Waals surface area contributed by atoms with Crippen LogP contribution in [0.4, 0.5) is 0 Å². The topological polar surface area (TPSA) is 0 Å². The molecule has 0 heterocycles. The normalized spacial score (nSPS) is 7.83. The van der Waals surface area contributed by atoms with Gasteiger partial charge in [-0.05, 0) is 0 Å². The zero-order valence-corrected chi connectivity index (χ0v) is 6.58. The van der Waals surface area contributed by atoms with Crippen LogP contribution in [0.5, 0.6) is 0 Å². The van der Waals surface area contributed by atoms with Gasteiger partial charge in [0.15, 0.2) is 0 Å². The minimum atomic E-state index is 0.572. The molecule has 1 heteroatoms. The highest BCUT2D eigenvalue weighted by Crippen LogP contribution is 1.83. The zero-order chi connectivity index (χ0) is 4.99. The highest BCUT2D eigenvalue weighted by molar-refractivity contribution is 6.22. The summed E-state index contributed by atoms with van der Waals surface area (Å²) in [6, 6.07) is 0. The van der Waals surface area contributed by atoms with Gasteiger partial charge in [-0.25, -0.2) is 0 Å². The summed E-state index contributed by atoms with van der Waals surface area (Å²) in [4.78, 5) is 0. The third-order valence-corrected chi connectivity index (χ3v) is 0.722. The van der Waals surface area contributed by atoms with Crippen LogP contribution in [0.3, 0.4) is 0 Å². The van der Waals surface area contributed by atoms with Crippen LogP contribution >= 0.6 is 0 Å². The Labute approximate surface area is 42.4 Å². The Bertz CT molecular complexity index is 73.7. The van der Waals surface area contributed by atoms with Crippen molar-refractivity contribution in [1.82, 2.24) is 0 Å². The van der Waals surface area contributed by atoms with Crippen molar-refractivity contribution in [1.29, 1.82) is 0 Å². The lowest BCUT2D eigenvalue weighted by Gasteiger charge is -1.82. The highest BCUT2D eigenvalue weighted by Gasteiger charge is 1.75. The molecule has 0 atom stereocenters. The minimum absolute atomic E-state index is 0.572. The summed E-state index contributed by atoms with van der Waals surface area (Å²) in [5, 5.41) is 0. The van der Waals surface area contributed by atoms with E-state index < -0.39 is 0 Å². The first-order chi connectivity index (χ1) is 2.77. The molecule has 0 aromatic carbocycles. The van der Waals surface area contributed by atoms with E-state index in [1.165, 1.54) is 0 Å². The quantitative estimate of drug-likeness (QED) is 0.295. The van der Waals surface area contributed by atoms with Gasteiger partial charge in [0.05, 0.1) is 10.2 Å². The zero-order valence-electron chi connectivity index (χ0n) is 4.58. The van der Waals surface area contributed by atoms with E-state index in [-0.39, 0.29) is 0 Å². The molecule has 0 nitrogen and oxygen atoms in total. The molecule has 0 rings (SSSR count). The van der Waals surface area contributed by atoms with Gasteiger partial charge in [-0.2, -0.15) is 0 Å². The Morgan fingerprint density at radius 2 is 2.00 bits per heavy atom. The summed E-state index contributed by atoms with van der Waals surface area (Å²) in [5.41, 5.74) is 2.96. The monoisotopic (exact) mass is 98.1 g/mol. The molecule has 6 heavy (non-hydrogen) atoms. The van der Waals surface area contributed by atoms with E-state index in [0.717, 1.165) is 10.2 Å². The molecule has 0 saturated carbocycles. The number of rotatable bonds is 0. The van der Waals surface area contributed by atoms with Crippen LogP contribution in [0.25, 0.3) is 0 Å². The standard InChI is InChI=1S/C5H10Si/c1-5(2)3-4-6/h5H,1-2,6H3. The summed E-state index contributed by atoms with van der Waals surface area (Å²) in [6.45, 7) is 4.20. The van der Waals surface area contributed by atoms with Crippen LogP contribution < -0.4 is 0 Å². The molecule has 0 radical (unpaired) electrons. The molecular formula is C5H10Si. The molecule has 0 aliphatic carbocycles. The van der Waals surface area contributed by atoms with Gasteiger partial charge in [0.25, 0.3) is 0 Å². The number of hydrogen-bond donors (Lipinski definition) is 0.